The summed E-state index contributed by atoms with van der Waals surface area (Å²) in [6, 6.07) is 7.45. The Morgan fingerprint density at radius 2 is 2.15 bits per heavy atom. The largest absolute Gasteiger partial charge is 0.489 e. The van der Waals surface area contributed by atoms with Crippen molar-refractivity contribution in [1.82, 2.24) is 15.1 Å². The molecule has 1 aliphatic heterocycles. The van der Waals surface area contributed by atoms with Gasteiger partial charge in [0.1, 0.15) is 12.4 Å². The quantitative estimate of drug-likeness (QED) is 0.716. The molecule has 1 aromatic carbocycles. The number of nitrogens with zero attached hydrogens (tertiary/aromatic N) is 2. The zero-order valence-corrected chi connectivity index (χ0v) is 15.8. The van der Waals surface area contributed by atoms with Gasteiger partial charge >= 0.3 is 0 Å². The molecule has 8 heteroatoms. The highest BCUT2D eigenvalue weighted by molar-refractivity contribution is 5.95. The lowest BCUT2D eigenvalue weighted by Crippen LogP contribution is -2.28. The predicted molar refractivity (Wildman–Crippen MR) is 102 cm³/mol. The van der Waals surface area contributed by atoms with Crippen LogP contribution in [0.4, 0.5) is 5.69 Å². The maximum absolute atomic E-state index is 12.8. The third kappa shape index (κ3) is 4.75. The zero-order valence-electron chi connectivity index (χ0n) is 15.0. The first-order valence-corrected chi connectivity index (χ1v) is 8.40. The number of amides is 1. The molecule has 1 saturated heterocycles. The summed E-state index contributed by atoms with van der Waals surface area (Å²) < 4.78 is 12.5. The lowest BCUT2D eigenvalue weighted by molar-refractivity contribution is -0.119. The number of carbonyl (C=O) groups excluding carboxylic acids is 1. The van der Waals surface area contributed by atoms with Gasteiger partial charge in [0.15, 0.2) is 0 Å². The van der Waals surface area contributed by atoms with Gasteiger partial charge in [0.25, 0.3) is 0 Å². The summed E-state index contributed by atoms with van der Waals surface area (Å²) in [5.41, 5.74) is 1.76. The molecule has 3 rings (SSSR count). The van der Waals surface area contributed by atoms with Crippen LogP contribution in [0.3, 0.4) is 0 Å². The van der Waals surface area contributed by atoms with E-state index >= 15 is 0 Å². The number of rotatable bonds is 7. The second-order valence-electron chi connectivity index (χ2n) is 6.15. The Kier molecular flexibility index (Phi) is 7.44. The van der Waals surface area contributed by atoms with Crippen molar-refractivity contribution in [2.75, 3.05) is 38.7 Å². The van der Waals surface area contributed by atoms with Crippen LogP contribution >= 0.6 is 12.4 Å². The van der Waals surface area contributed by atoms with Crippen LogP contribution < -0.4 is 15.4 Å². The summed E-state index contributed by atoms with van der Waals surface area (Å²) >= 11 is 0. The van der Waals surface area contributed by atoms with Crippen LogP contribution in [0.1, 0.15) is 11.5 Å². The molecule has 2 atom stereocenters. The molecule has 0 saturated carbocycles. The van der Waals surface area contributed by atoms with Gasteiger partial charge in [0.05, 0.1) is 24.4 Å². The Morgan fingerprint density at radius 3 is 2.88 bits per heavy atom. The van der Waals surface area contributed by atoms with E-state index < -0.39 is 0 Å². The highest BCUT2D eigenvalue weighted by atomic mass is 35.5. The molecule has 2 N–H and O–H groups in total. The molecule has 142 valence electrons. The summed E-state index contributed by atoms with van der Waals surface area (Å²) in [5, 5.41) is 10.5. The van der Waals surface area contributed by atoms with E-state index in [0.29, 0.717) is 31.2 Å². The van der Waals surface area contributed by atoms with Crippen molar-refractivity contribution in [3.63, 3.8) is 0 Å². The number of carbonyl (C=O) groups is 1. The summed E-state index contributed by atoms with van der Waals surface area (Å²) in [6.45, 7) is 2.36. The molecule has 0 radical (unpaired) electrons. The fourth-order valence-corrected chi connectivity index (χ4v) is 3.09. The molecular formula is C18H25ClN4O3. The van der Waals surface area contributed by atoms with E-state index in [1.54, 1.807) is 11.8 Å². The topological polar surface area (TPSA) is 77.4 Å². The number of ether oxygens (including phenoxy) is 2. The van der Waals surface area contributed by atoms with E-state index in [4.69, 9.17) is 9.47 Å². The fraction of sp³-hybridized carbons (Fsp3) is 0.444. The third-order valence-corrected chi connectivity index (χ3v) is 4.39. The molecule has 1 fully saturated rings. The van der Waals surface area contributed by atoms with Gasteiger partial charge in [-0.25, -0.2) is 0 Å². The number of para-hydroxylation sites is 2. The van der Waals surface area contributed by atoms with Crippen molar-refractivity contribution >= 4 is 24.0 Å². The number of anilines is 1. The molecule has 1 aromatic heterocycles. The molecule has 0 unspecified atom stereocenters. The van der Waals surface area contributed by atoms with E-state index in [2.05, 4.69) is 15.7 Å². The van der Waals surface area contributed by atoms with Crippen molar-refractivity contribution < 1.29 is 14.3 Å². The molecular weight excluding hydrogens is 356 g/mol. The maximum Gasteiger partial charge on any atom is 0.229 e. The Bertz CT molecular complexity index is 722. The number of halogens is 1. The molecule has 2 heterocycles. The van der Waals surface area contributed by atoms with Gasteiger partial charge in [0.2, 0.25) is 5.91 Å². The molecule has 0 spiro atoms. The highest BCUT2D eigenvalue weighted by Crippen LogP contribution is 2.30. The monoisotopic (exact) mass is 380 g/mol. The summed E-state index contributed by atoms with van der Waals surface area (Å²) in [4.78, 5) is 12.8. The van der Waals surface area contributed by atoms with E-state index in [1.807, 2.05) is 43.7 Å². The third-order valence-electron chi connectivity index (χ3n) is 4.39. The van der Waals surface area contributed by atoms with Gasteiger partial charge in [-0.15, -0.1) is 12.4 Å². The molecule has 7 nitrogen and oxygen atoms in total. The smallest absolute Gasteiger partial charge is 0.229 e. The number of aryl methyl sites for hydroxylation is 1. The number of nitrogens with one attached hydrogen (secondary N) is 2. The average Bonchev–Trinajstić information content (AvgIpc) is 3.25. The van der Waals surface area contributed by atoms with Crippen molar-refractivity contribution in [2.45, 2.75) is 5.92 Å². The van der Waals surface area contributed by atoms with Gasteiger partial charge in [-0.1, -0.05) is 12.1 Å². The molecule has 26 heavy (non-hydrogen) atoms. The number of hydrogen-bond acceptors (Lipinski definition) is 5. The molecule has 2 aromatic rings. The van der Waals surface area contributed by atoms with Crippen LogP contribution in [0.5, 0.6) is 5.75 Å². The Morgan fingerprint density at radius 1 is 1.35 bits per heavy atom. The Hall–Kier alpha value is -2.09. The lowest BCUT2D eigenvalue weighted by Gasteiger charge is -2.18. The molecule has 0 aliphatic carbocycles. The second-order valence-corrected chi connectivity index (χ2v) is 6.15. The minimum atomic E-state index is -0.142. The normalized spacial score (nSPS) is 19.0. The van der Waals surface area contributed by atoms with Gasteiger partial charge in [0, 0.05) is 39.4 Å². The van der Waals surface area contributed by atoms with Crippen LogP contribution in [0.25, 0.3) is 0 Å². The number of hydrogen-bond donors (Lipinski definition) is 2. The number of benzene rings is 1. The van der Waals surface area contributed by atoms with Crippen molar-refractivity contribution in [3.8, 4) is 5.75 Å². The SMILES string of the molecule is COCCOc1ccccc1NC(=O)[C@H]1CNC[C@@H]1c1cnn(C)c1.Cl. The van der Waals surface area contributed by atoms with E-state index in [1.165, 1.54) is 0 Å². The van der Waals surface area contributed by atoms with Crippen LogP contribution in [0.15, 0.2) is 36.7 Å². The minimum Gasteiger partial charge on any atom is -0.489 e. The highest BCUT2D eigenvalue weighted by Gasteiger charge is 2.35. The number of aromatic nitrogens is 2. The van der Waals surface area contributed by atoms with Crippen LogP contribution in [0, 0.1) is 5.92 Å². The van der Waals surface area contributed by atoms with Gasteiger partial charge in [-0.2, -0.15) is 5.10 Å². The first kappa shape index (κ1) is 20.2. The first-order chi connectivity index (χ1) is 12.2. The van der Waals surface area contributed by atoms with Gasteiger partial charge < -0.3 is 20.1 Å². The maximum atomic E-state index is 12.8. The minimum absolute atomic E-state index is 0. The zero-order chi connectivity index (χ0) is 17.6. The lowest BCUT2D eigenvalue weighted by atomic mass is 9.90. The summed E-state index contributed by atoms with van der Waals surface area (Å²) in [7, 11) is 3.51. The molecule has 0 bridgehead atoms. The van der Waals surface area contributed by atoms with Crippen LogP contribution in [-0.4, -0.2) is 49.1 Å². The van der Waals surface area contributed by atoms with E-state index in [0.717, 1.165) is 12.1 Å². The van der Waals surface area contributed by atoms with Crippen molar-refractivity contribution in [2.24, 2.45) is 13.0 Å². The first-order valence-electron chi connectivity index (χ1n) is 8.40. The average molecular weight is 381 g/mol. The van der Waals surface area contributed by atoms with Crippen LogP contribution in [-0.2, 0) is 16.6 Å². The Balaban J connectivity index is 0.00000243. The van der Waals surface area contributed by atoms with Crippen molar-refractivity contribution in [1.29, 1.82) is 0 Å². The van der Waals surface area contributed by atoms with Gasteiger partial charge in [-0.05, 0) is 17.7 Å². The fourth-order valence-electron chi connectivity index (χ4n) is 3.09. The summed E-state index contributed by atoms with van der Waals surface area (Å²) in [5.74, 6) is 0.616. The predicted octanol–water partition coefficient (Wildman–Crippen LogP) is 1.81. The van der Waals surface area contributed by atoms with E-state index in [-0.39, 0.29) is 30.2 Å². The summed E-state index contributed by atoms with van der Waals surface area (Å²) in [6.07, 6.45) is 3.81. The molecule has 1 aliphatic rings. The van der Waals surface area contributed by atoms with Crippen LogP contribution in [0.2, 0.25) is 0 Å². The van der Waals surface area contributed by atoms with E-state index in [9.17, 15) is 4.79 Å². The Labute approximate surface area is 159 Å². The molecule has 1 amide bonds. The van der Waals surface area contributed by atoms with Gasteiger partial charge in [-0.3, -0.25) is 9.48 Å². The standard InChI is InChI=1S/C18H24N4O3.ClH/c1-22-12-13(9-20-22)14-10-19-11-15(14)18(23)21-16-5-3-4-6-17(16)25-8-7-24-2;/h3-6,9,12,14-15,19H,7-8,10-11H2,1-2H3,(H,21,23);1H/t14-,15+;/m1./s1. The second kappa shape index (κ2) is 9.56. The van der Waals surface area contributed by atoms with Crippen molar-refractivity contribution in [3.05, 3.63) is 42.2 Å². The number of methoxy groups -OCH3 is 1.